The average Bonchev–Trinajstić information content (AvgIpc) is 2.16. The third-order valence-corrected chi connectivity index (χ3v) is 3.05. The van der Waals surface area contributed by atoms with Crippen LogP contribution in [0.25, 0.3) is 0 Å². The molecule has 12 heavy (non-hydrogen) atoms. The molecule has 0 N–H and O–H groups in total. The molecule has 0 unspecified atom stereocenters. The minimum Gasteiger partial charge on any atom is -0.359 e. The Morgan fingerprint density at radius 3 is 2.50 bits per heavy atom. The zero-order valence-corrected chi connectivity index (χ0v) is 9.07. The van der Waals surface area contributed by atoms with Crippen molar-refractivity contribution in [1.82, 2.24) is 5.16 Å². The van der Waals surface area contributed by atoms with Crippen molar-refractivity contribution in [2.24, 2.45) is 0 Å². The molecule has 0 aliphatic heterocycles. The summed E-state index contributed by atoms with van der Waals surface area (Å²) in [6.45, 7) is 1.74. The van der Waals surface area contributed by atoms with Gasteiger partial charge in [-0.3, -0.25) is 0 Å². The molecule has 0 saturated heterocycles. The first-order chi connectivity index (χ1) is 5.40. The molecule has 0 aliphatic carbocycles. The van der Waals surface area contributed by atoms with Crippen molar-refractivity contribution in [2.45, 2.75) is 12.7 Å². The Hall–Kier alpha value is -0.360. The number of sulfone groups is 1. The van der Waals surface area contributed by atoms with Gasteiger partial charge >= 0.3 is 0 Å². The highest BCUT2D eigenvalue weighted by molar-refractivity contribution is 9.10. The van der Waals surface area contributed by atoms with Gasteiger partial charge in [0.15, 0.2) is 15.6 Å². The second-order valence-electron chi connectivity index (χ2n) is 2.58. The van der Waals surface area contributed by atoms with E-state index in [0.29, 0.717) is 15.9 Å². The Kier molecular flexibility index (Phi) is 2.58. The van der Waals surface area contributed by atoms with Crippen LogP contribution in [-0.2, 0) is 15.6 Å². The third kappa shape index (κ3) is 2.31. The lowest BCUT2D eigenvalue weighted by Gasteiger charge is -1.92. The number of aromatic nitrogens is 1. The molecule has 0 amide bonds. The van der Waals surface area contributed by atoms with Crippen LogP contribution in [-0.4, -0.2) is 19.8 Å². The molecule has 1 heterocycles. The quantitative estimate of drug-likeness (QED) is 0.797. The highest BCUT2D eigenvalue weighted by Crippen LogP contribution is 2.21. The Balaban J connectivity index is 2.99. The number of nitrogens with zero attached hydrogens (tertiary/aromatic N) is 1. The highest BCUT2D eigenvalue weighted by Gasteiger charge is 2.14. The van der Waals surface area contributed by atoms with Crippen molar-refractivity contribution in [1.29, 1.82) is 0 Å². The van der Waals surface area contributed by atoms with Gasteiger partial charge in [0.1, 0.15) is 5.75 Å². The van der Waals surface area contributed by atoms with E-state index in [1.54, 1.807) is 6.92 Å². The van der Waals surface area contributed by atoms with Crippen molar-refractivity contribution in [3.05, 3.63) is 15.9 Å². The number of rotatable bonds is 2. The number of hydrogen-bond acceptors (Lipinski definition) is 4. The molecule has 0 fully saturated rings. The largest absolute Gasteiger partial charge is 0.359 e. The molecule has 0 aliphatic rings. The molecule has 68 valence electrons. The summed E-state index contributed by atoms with van der Waals surface area (Å²) in [4.78, 5) is 0. The van der Waals surface area contributed by atoms with Gasteiger partial charge in [-0.25, -0.2) is 8.42 Å². The predicted molar refractivity (Wildman–Crippen MR) is 47.5 cm³/mol. The summed E-state index contributed by atoms with van der Waals surface area (Å²) in [7, 11) is -3.05. The molecular formula is C6H8BrNO3S. The minimum atomic E-state index is -3.05. The summed E-state index contributed by atoms with van der Waals surface area (Å²) in [5.74, 6) is 0.240. The Morgan fingerprint density at radius 2 is 2.17 bits per heavy atom. The van der Waals surface area contributed by atoms with Gasteiger partial charge in [0.05, 0.1) is 10.2 Å². The Bertz CT molecular complexity index is 381. The van der Waals surface area contributed by atoms with Gasteiger partial charge in [-0.05, 0) is 22.9 Å². The summed E-state index contributed by atoms with van der Waals surface area (Å²) in [5, 5.41) is 3.61. The van der Waals surface area contributed by atoms with Crippen LogP contribution in [0.4, 0.5) is 0 Å². The zero-order valence-electron chi connectivity index (χ0n) is 6.67. The van der Waals surface area contributed by atoms with Crippen molar-refractivity contribution >= 4 is 25.8 Å². The van der Waals surface area contributed by atoms with E-state index in [0.717, 1.165) is 6.26 Å². The van der Waals surface area contributed by atoms with Gasteiger partial charge in [0.2, 0.25) is 0 Å². The minimum absolute atomic E-state index is 0.117. The number of hydrogen-bond donors (Lipinski definition) is 0. The Morgan fingerprint density at radius 1 is 1.58 bits per heavy atom. The molecule has 0 atom stereocenters. The zero-order chi connectivity index (χ0) is 9.35. The van der Waals surface area contributed by atoms with E-state index >= 15 is 0 Å². The van der Waals surface area contributed by atoms with Crippen molar-refractivity contribution in [3.63, 3.8) is 0 Å². The lowest BCUT2D eigenvalue weighted by molar-refractivity contribution is 0.388. The normalized spacial score (nSPS) is 11.9. The van der Waals surface area contributed by atoms with E-state index < -0.39 is 9.84 Å². The van der Waals surface area contributed by atoms with Gasteiger partial charge < -0.3 is 4.52 Å². The molecule has 0 radical (unpaired) electrons. The molecular weight excluding hydrogens is 246 g/mol. The third-order valence-electron chi connectivity index (χ3n) is 1.25. The predicted octanol–water partition coefficient (Wildman–Crippen LogP) is 1.29. The topological polar surface area (TPSA) is 60.2 Å². The smallest absolute Gasteiger partial charge is 0.166 e. The lowest BCUT2D eigenvalue weighted by Crippen LogP contribution is -1.99. The van der Waals surface area contributed by atoms with E-state index in [1.165, 1.54) is 0 Å². The van der Waals surface area contributed by atoms with Crippen LogP contribution in [0.15, 0.2) is 9.00 Å². The number of aryl methyl sites for hydroxylation is 1. The highest BCUT2D eigenvalue weighted by atomic mass is 79.9. The maximum Gasteiger partial charge on any atom is 0.166 e. The number of halogens is 1. The summed E-state index contributed by atoms with van der Waals surface area (Å²) in [6.07, 6.45) is 1.15. The fourth-order valence-electron chi connectivity index (χ4n) is 0.733. The fraction of sp³-hybridized carbons (Fsp3) is 0.500. The maximum atomic E-state index is 10.9. The first-order valence-electron chi connectivity index (χ1n) is 3.18. The van der Waals surface area contributed by atoms with E-state index in [-0.39, 0.29) is 5.75 Å². The van der Waals surface area contributed by atoms with Crippen LogP contribution in [0.3, 0.4) is 0 Å². The molecule has 1 rings (SSSR count). The van der Waals surface area contributed by atoms with Crippen LogP contribution in [0.5, 0.6) is 0 Å². The molecule has 0 aromatic carbocycles. The van der Waals surface area contributed by atoms with Crippen LogP contribution >= 0.6 is 15.9 Å². The van der Waals surface area contributed by atoms with Gasteiger partial charge in [-0.15, -0.1) is 0 Å². The van der Waals surface area contributed by atoms with Gasteiger partial charge in [-0.1, -0.05) is 5.16 Å². The summed E-state index contributed by atoms with van der Waals surface area (Å²) in [6, 6.07) is 0. The molecule has 0 saturated carbocycles. The van der Waals surface area contributed by atoms with Crippen LogP contribution in [0.1, 0.15) is 11.5 Å². The molecule has 0 spiro atoms. The van der Waals surface area contributed by atoms with E-state index in [1.807, 2.05) is 0 Å². The molecule has 0 bridgehead atoms. The van der Waals surface area contributed by atoms with Crippen molar-refractivity contribution < 1.29 is 12.9 Å². The van der Waals surface area contributed by atoms with Crippen LogP contribution in [0, 0.1) is 6.92 Å². The van der Waals surface area contributed by atoms with E-state index in [2.05, 4.69) is 21.1 Å². The molecule has 4 nitrogen and oxygen atoms in total. The Labute approximate surface area is 79.0 Å². The monoisotopic (exact) mass is 253 g/mol. The van der Waals surface area contributed by atoms with Crippen molar-refractivity contribution in [2.75, 3.05) is 6.26 Å². The summed E-state index contributed by atoms with van der Waals surface area (Å²) >= 11 is 3.18. The molecule has 1 aromatic heterocycles. The summed E-state index contributed by atoms with van der Waals surface area (Å²) < 4.78 is 27.1. The van der Waals surface area contributed by atoms with Crippen LogP contribution in [0.2, 0.25) is 0 Å². The van der Waals surface area contributed by atoms with E-state index in [9.17, 15) is 8.42 Å². The lowest BCUT2D eigenvalue weighted by atomic mass is 10.4. The first-order valence-corrected chi connectivity index (χ1v) is 6.04. The second-order valence-corrected chi connectivity index (χ2v) is 5.51. The second kappa shape index (κ2) is 3.18. The van der Waals surface area contributed by atoms with Gasteiger partial charge in [0.25, 0.3) is 0 Å². The van der Waals surface area contributed by atoms with Gasteiger partial charge in [0, 0.05) is 6.26 Å². The maximum absolute atomic E-state index is 10.9. The average molecular weight is 254 g/mol. The summed E-state index contributed by atoms with van der Waals surface area (Å²) in [5.41, 5.74) is 0.661. The van der Waals surface area contributed by atoms with Crippen molar-refractivity contribution in [3.8, 4) is 0 Å². The van der Waals surface area contributed by atoms with Gasteiger partial charge in [-0.2, -0.15) is 0 Å². The fourth-order valence-corrected chi connectivity index (χ4v) is 1.88. The molecule has 6 heteroatoms. The van der Waals surface area contributed by atoms with E-state index in [4.69, 9.17) is 4.52 Å². The standard InChI is InChI=1S/C6H8BrNO3S/c1-4-6(7)5(11-8-4)3-12(2,9)10/h3H2,1-2H3. The molecule has 1 aromatic rings. The SMILES string of the molecule is Cc1noc(CS(C)(=O)=O)c1Br. The first kappa shape index (κ1) is 9.73. The van der Waals surface area contributed by atoms with Crippen LogP contribution < -0.4 is 0 Å².